The quantitative estimate of drug-likeness (QED) is 0.0197. The summed E-state index contributed by atoms with van der Waals surface area (Å²) in [6.07, 6.45) is 23.9. The Morgan fingerprint density at radius 1 is 0.440 bits per heavy atom. The van der Waals surface area contributed by atoms with Crippen molar-refractivity contribution in [2.24, 2.45) is 0 Å². The van der Waals surface area contributed by atoms with Crippen molar-refractivity contribution in [3.05, 3.63) is 262 Å². The molecule has 22 rings (SSSR count). The molecule has 0 spiro atoms. The zero-order valence-electron chi connectivity index (χ0n) is 77.6. The van der Waals surface area contributed by atoms with Gasteiger partial charge in [-0.3, -0.25) is 9.80 Å². The molecule has 4 aromatic carbocycles. The van der Waals surface area contributed by atoms with E-state index in [2.05, 4.69) is 156 Å². The predicted molar refractivity (Wildman–Crippen MR) is 545 cm³/mol. The molecule has 6 fully saturated rings. The highest BCUT2D eigenvalue weighted by atomic mass is 35.5. The number of anilines is 11. The zero-order valence-corrected chi connectivity index (χ0v) is 79.1. The van der Waals surface area contributed by atoms with Gasteiger partial charge in [0.05, 0.1) is 116 Å². The van der Waals surface area contributed by atoms with Crippen LogP contribution in [-0.2, 0) is 16.0 Å². The Morgan fingerprint density at radius 2 is 0.801 bits per heavy atom. The van der Waals surface area contributed by atoms with Crippen molar-refractivity contribution in [1.82, 2.24) is 113 Å². The minimum absolute atomic E-state index is 0.278. The number of rotatable bonds is 34. The fraction of sp³-hybridized carbons (Fsp3) is 0.306. The average molecular weight is 1950 g/mol. The first kappa shape index (κ1) is 94.4. The molecule has 40 nitrogen and oxygen atoms in total. The molecule has 0 bridgehead atoms. The Balaban J connectivity index is 0.000000120. The largest absolute Gasteiger partial charge is 0.492 e. The maximum absolute atomic E-state index is 15.0. The van der Waals surface area contributed by atoms with E-state index in [1.165, 1.54) is 11.6 Å². The van der Waals surface area contributed by atoms with Gasteiger partial charge in [-0.1, -0.05) is 79.8 Å². The van der Waals surface area contributed by atoms with E-state index >= 15 is 4.39 Å². The Morgan fingerprint density at radius 3 is 1.16 bits per heavy atom. The van der Waals surface area contributed by atoms with Gasteiger partial charge in [0, 0.05) is 140 Å². The number of H-pyrrole nitrogens is 8. The van der Waals surface area contributed by atoms with Crippen LogP contribution in [0, 0.1) is 5.82 Å². The smallest absolute Gasteiger partial charge is 0.323 e. The van der Waals surface area contributed by atoms with E-state index in [0.717, 1.165) is 187 Å². The summed E-state index contributed by atoms with van der Waals surface area (Å²) in [6.45, 7) is 26.9. The van der Waals surface area contributed by atoms with Gasteiger partial charge >= 0.3 is 22.8 Å². The van der Waals surface area contributed by atoms with Crippen LogP contribution in [0.5, 0.6) is 17.2 Å². The lowest BCUT2D eigenvalue weighted by molar-refractivity contribution is 0.0321. The normalized spacial score (nSPS) is 15.6. The molecular formula is C98H108Cl2FN31O9. The Bertz CT molecular complexity index is 7970. The first-order valence-electron chi connectivity index (χ1n) is 46.7. The molecule has 6 aliphatic rings. The van der Waals surface area contributed by atoms with Gasteiger partial charge in [0.25, 0.3) is 0 Å². The van der Waals surface area contributed by atoms with Crippen molar-refractivity contribution in [3.63, 3.8) is 0 Å². The number of fused-ring (bicyclic) bond motifs is 4. The third-order valence-corrected chi connectivity index (χ3v) is 24.3. The number of imidazole rings is 4. The van der Waals surface area contributed by atoms with E-state index in [9.17, 15) is 19.2 Å². The number of hydrogen-bond acceptors (Lipinski definition) is 28. The van der Waals surface area contributed by atoms with Crippen LogP contribution in [0.1, 0.15) is 85.6 Å². The number of nitrogens with zero attached hydrogens (tertiary/aromatic N) is 15. The predicted octanol–water partition coefficient (Wildman–Crippen LogP) is 6.28. The molecule has 0 unspecified atom stereocenters. The van der Waals surface area contributed by atoms with E-state index in [0.29, 0.717) is 166 Å². The van der Waals surface area contributed by atoms with Crippen molar-refractivity contribution in [1.29, 1.82) is 0 Å². The van der Waals surface area contributed by atoms with Crippen molar-refractivity contribution in [3.8, 4) is 17.2 Å². The minimum Gasteiger partial charge on any atom is -0.492 e. The Kier molecular flexibility index (Phi) is 28.7. The number of benzene rings is 4. The number of ether oxygens (including phenoxy) is 5. The lowest BCUT2D eigenvalue weighted by atomic mass is 10.2. The molecule has 4 aliphatic carbocycles. The highest BCUT2D eigenvalue weighted by molar-refractivity contribution is 6.32. The lowest BCUT2D eigenvalue weighted by Gasteiger charge is -2.26. The van der Waals surface area contributed by atoms with Crippen LogP contribution < -0.4 is 122 Å². The van der Waals surface area contributed by atoms with Gasteiger partial charge < -0.3 is 111 Å². The summed E-state index contributed by atoms with van der Waals surface area (Å²) in [5.41, 5.74) is 7.26. The summed E-state index contributed by atoms with van der Waals surface area (Å²) in [5.74, 6) is 7.08. The summed E-state index contributed by atoms with van der Waals surface area (Å²) in [5, 5.41) is 50.6. The third-order valence-electron chi connectivity index (χ3n) is 23.7. The summed E-state index contributed by atoms with van der Waals surface area (Å²) in [4.78, 5) is 93.7. The Hall–Kier alpha value is -15.5. The van der Waals surface area contributed by atoms with Crippen LogP contribution in [-0.4, -0.2) is 243 Å². The highest BCUT2D eigenvalue weighted by Gasteiger charge is 2.29. The second kappa shape index (κ2) is 42.8. The van der Waals surface area contributed by atoms with Crippen LogP contribution in [0.15, 0.2) is 153 Å². The maximum atomic E-state index is 15.0. The number of aromatic amines is 8. The van der Waals surface area contributed by atoms with E-state index in [1.807, 2.05) is 93.0 Å². The molecule has 16 N–H and O–H groups in total. The number of aromatic nitrogens is 20. The van der Waals surface area contributed by atoms with Gasteiger partial charge in [-0.2, -0.15) is 38.5 Å². The van der Waals surface area contributed by atoms with Crippen LogP contribution in [0.4, 0.5) is 68.0 Å². The monoisotopic (exact) mass is 1950 g/mol. The summed E-state index contributed by atoms with van der Waals surface area (Å²) in [7, 11) is 4.07. The van der Waals surface area contributed by atoms with Gasteiger partial charge in [-0.05, 0) is 150 Å². The van der Waals surface area contributed by atoms with E-state index in [-0.39, 0.29) is 28.4 Å². The molecule has 43 heteroatoms. The molecular weight excluding hydrogens is 1850 g/mol. The average Bonchev–Trinajstić information content (AvgIpc) is 1.64. The van der Waals surface area contributed by atoms with Crippen molar-refractivity contribution < 1.29 is 28.1 Å². The molecule has 2 aliphatic heterocycles. The summed E-state index contributed by atoms with van der Waals surface area (Å²) >= 11 is 13.0. The lowest BCUT2D eigenvalue weighted by Crippen LogP contribution is -2.38. The van der Waals surface area contributed by atoms with Crippen molar-refractivity contribution in [2.45, 2.75) is 88.5 Å². The van der Waals surface area contributed by atoms with E-state index < -0.39 is 5.82 Å². The number of halogens is 3. The highest BCUT2D eigenvalue weighted by Crippen LogP contribution is 2.37. The zero-order chi connectivity index (χ0) is 97.2. The second-order valence-electron chi connectivity index (χ2n) is 35.3. The fourth-order valence-corrected chi connectivity index (χ4v) is 16.2. The Labute approximate surface area is 813 Å². The molecule has 0 atom stereocenters. The van der Waals surface area contributed by atoms with Gasteiger partial charge in [-0.25, -0.2) is 43.5 Å². The maximum Gasteiger partial charge on any atom is 0.323 e. The van der Waals surface area contributed by atoms with Crippen LogP contribution in [0.2, 0.25) is 10.0 Å². The van der Waals surface area contributed by atoms with E-state index in [4.69, 9.17) is 66.8 Å². The standard InChI is InChI=1S/C26H29ClN8O3.C26H29FN8O3.C25H29ClN8O2.C21H21N7O/c1-16-21(32-26(36)29-16)12-17-15-28-35-24(31-18-2-3-18)14-23(33-25(17)35)30-19-4-5-22(20(27)13-19)38-11-8-34-6-9-37-10-7-34;1-16-22(32-26(36)29-16)12-17-15-28-35-24(30-18-2-3-18)14-23(33-25(17)35)31-21-5-4-19(13-20(21)27)38-11-8-34-6-9-37-10-7-34;1-15-20(31-25(35)28-15)11-16-14-27-34-23(30-17-5-6-17)13-22(32-24(16)34)29-18-7-8-21(19(26)12-18)36-10-4-9-33(2)3;1-13-17(26-21(29)24-13)9-15-12-23-28-19(25-16-7-8-16)10-18(27-20(15)28)22-11-14-5-3-2-4-6-14/h4-5,12-15,18,31H,1-3,6-11H2,(H,30,33)(H2,29,32,36);4-5,12-15,18,30H,1-3,6-11H2,(H,31,33)(H2,29,32,36);7-8,11-14,17,30H,1,4-6,9-10H2,2-3H3,(H,29,32)(H2,28,31,35);2-6,9-10,12,16,25H,1,7-8,11H2,(H,22,27)(H2,24,26,29)/b21-12-;22-12-;20-11-;17-9-. The molecule has 14 heterocycles. The van der Waals surface area contributed by atoms with Crippen molar-refractivity contribution in [2.75, 3.05) is 149 Å². The topological polar surface area (TPSA) is 467 Å². The molecule has 12 aromatic heterocycles. The summed E-state index contributed by atoms with van der Waals surface area (Å²) in [6, 6.07) is 35.5. The number of nitrogens with one attached hydrogen (secondary N) is 16. The van der Waals surface area contributed by atoms with Gasteiger partial charge in [0.15, 0.2) is 22.6 Å². The van der Waals surface area contributed by atoms with Crippen LogP contribution in [0.25, 0.3) is 73.2 Å². The number of morpholine rings is 2. The van der Waals surface area contributed by atoms with Gasteiger partial charge in [-0.15, -0.1) is 0 Å². The molecule has 16 aromatic rings. The fourth-order valence-electron chi connectivity index (χ4n) is 15.7. The third kappa shape index (κ3) is 24.6. The van der Waals surface area contributed by atoms with Crippen LogP contribution in [0.3, 0.4) is 0 Å². The second-order valence-corrected chi connectivity index (χ2v) is 36.2. The molecule has 2 saturated heterocycles. The van der Waals surface area contributed by atoms with Gasteiger partial charge in [0.2, 0.25) is 0 Å². The first-order chi connectivity index (χ1) is 68.5. The molecule has 141 heavy (non-hydrogen) atoms. The first-order valence-corrected chi connectivity index (χ1v) is 47.5. The SMILES string of the molecule is C=c1[nH]c(=O)[nH]/c1=C\c1cnn2c(NC3CC3)cc(NCc3ccccc3)nc12.C=c1[nH]c(=O)[nH]/c1=C\c1cnn2c(NC3CC3)cc(Nc3ccc(OCCCN(C)C)c(Cl)c3)nc12.C=c1[nH]c(=O)[nH]/c1=C\c1cnn2c(NC3CC3)cc(Nc3ccc(OCCN4CCOCC4)c(Cl)c3)nc12.C=c1[nH]c(=O)[nH]/c1=C\c1cnn2c(NC3CC3)cc(Nc3ccc(OCCN4CCOCC4)cc3F)nc12. The van der Waals surface area contributed by atoms with Crippen LogP contribution >= 0.6 is 23.2 Å². The minimum atomic E-state index is -0.445. The molecule has 730 valence electrons. The number of hydrogen-bond donors (Lipinski definition) is 16. The van der Waals surface area contributed by atoms with Gasteiger partial charge in [0.1, 0.15) is 82.8 Å². The van der Waals surface area contributed by atoms with E-state index in [1.54, 1.807) is 79.3 Å². The molecule has 0 amide bonds. The summed E-state index contributed by atoms with van der Waals surface area (Å²) < 4.78 is 50.3. The van der Waals surface area contributed by atoms with Crippen molar-refractivity contribution >= 4 is 160 Å². The molecule has 0 radical (unpaired) electrons. The molecule has 4 saturated carbocycles.